The molecule has 0 amide bonds. The maximum atomic E-state index is 5.85. The van der Waals surface area contributed by atoms with E-state index >= 15 is 0 Å². The van der Waals surface area contributed by atoms with Crippen LogP contribution >= 0.6 is 11.8 Å². The summed E-state index contributed by atoms with van der Waals surface area (Å²) in [4.78, 5) is 5.45. The highest BCUT2D eigenvalue weighted by atomic mass is 32.2. The number of rotatable bonds is 6. The van der Waals surface area contributed by atoms with Gasteiger partial charge < -0.3 is 10.3 Å². The molecule has 1 aromatic heterocycles. The molecule has 0 saturated heterocycles. The molecular formula is C13H15N3OS. The summed E-state index contributed by atoms with van der Waals surface area (Å²) >= 11 is 1.67. The third-order valence-electron chi connectivity index (χ3n) is 2.33. The van der Waals surface area contributed by atoms with Crippen LogP contribution in [0.5, 0.6) is 0 Å². The van der Waals surface area contributed by atoms with E-state index in [0.717, 1.165) is 0 Å². The fourth-order valence-electron chi connectivity index (χ4n) is 1.42. The van der Waals surface area contributed by atoms with Crippen molar-refractivity contribution in [2.75, 3.05) is 0 Å². The summed E-state index contributed by atoms with van der Waals surface area (Å²) in [5.41, 5.74) is 5.85. The van der Waals surface area contributed by atoms with Crippen molar-refractivity contribution in [1.29, 1.82) is 0 Å². The van der Waals surface area contributed by atoms with Crippen LogP contribution in [0.4, 0.5) is 0 Å². The van der Waals surface area contributed by atoms with E-state index < -0.39 is 0 Å². The van der Waals surface area contributed by atoms with Crippen molar-refractivity contribution >= 4 is 11.8 Å². The maximum Gasteiger partial charge on any atom is 0.243 e. The van der Waals surface area contributed by atoms with Crippen LogP contribution in [0.3, 0.4) is 0 Å². The topological polar surface area (TPSA) is 64.9 Å². The minimum Gasteiger partial charge on any atom is -0.338 e. The first-order valence-corrected chi connectivity index (χ1v) is 6.65. The van der Waals surface area contributed by atoms with Gasteiger partial charge in [0.15, 0.2) is 5.82 Å². The molecule has 0 saturated carbocycles. The normalized spacial score (nSPS) is 12.3. The van der Waals surface area contributed by atoms with Gasteiger partial charge >= 0.3 is 0 Å². The number of thioether (sulfide) groups is 1. The number of aromatic nitrogens is 2. The van der Waals surface area contributed by atoms with E-state index in [-0.39, 0.29) is 6.04 Å². The van der Waals surface area contributed by atoms with Gasteiger partial charge in [0.1, 0.15) is 0 Å². The molecule has 1 aromatic carbocycles. The molecule has 0 aliphatic rings. The Balaban J connectivity index is 1.93. The van der Waals surface area contributed by atoms with Crippen LogP contribution in [0.1, 0.15) is 24.2 Å². The lowest BCUT2D eigenvalue weighted by Gasteiger charge is -2.00. The number of hydrogen-bond donors (Lipinski definition) is 1. The fraction of sp³-hybridized carbons (Fsp3) is 0.231. The second-order valence-corrected chi connectivity index (χ2v) is 4.83. The first kappa shape index (κ1) is 12.9. The quantitative estimate of drug-likeness (QED) is 0.639. The van der Waals surface area contributed by atoms with Gasteiger partial charge in [-0.2, -0.15) is 4.98 Å². The van der Waals surface area contributed by atoms with Crippen LogP contribution in [0.2, 0.25) is 0 Å². The minimum atomic E-state index is -0.259. The van der Waals surface area contributed by atoms with Crippen molar-refractivity contribution in [2.24, 2.45) is 5.73 Å². The smallest absolute Gasteiger partial charge is 0.243 e. The molecule has 1 heterocycles. The molecule has 2 N–H and O–H groups in total. The van der Waals surface area contributed by atoms with Gasteiger partial charge in [-0.1, -0.05) is 29.4 Å². The van der Waals surface area contributed by atoms with Crippen LogP contribution in [-0.2, 0) is 5.75 Å². The minimum absolute atomic E-state index is 0.259. The molecule has 4 nitrogen and oxygen atoms in total. The molecule has 94 valence electrons. The zero-order valence-corrected chi connectivity index (χ0v) is 10.8. The Bertz CT molecular complexity index is 498. The van der Waals surface area contributed by atoms with Crippen LogP contribution in [0.15, 0.2) is 52.4 Å². The Labute approximate surface area is 110 Å². The molecule has 0 bridgehead atoms. The molecular weight excluding hydrogens is 246 g/mol. The Hall–Kier alpha value is -1.59. The van der Waals surface area contributed by atoms with Gasteiger partial charge in [0.05, 0.1) is 11.8 Å². The molecule has 2 rings (SSSR count). The van der Waals surface area contributed by atoms with Gasteiger partial charge in [-0.25, -0.2) is 0 Å². The largest absolute Gasteiger partial charge is 0.338 e. The molecule has 1 atom stereocenters. The predicted molar refractivity (Wildman–Crippen MR) is 72.0 cm³/mol. The third kappa shape index (κ3) is 3.45. The zero-order chi connectivity index (χ0) is 12.8. The van der Waals surface area contributed by atoms with E-state index in [2.05, 4.69) is 28.9 Å². The monoisotopic (exact) mass is 261 g/mol. The van der Waals surface area contributed by atoms with E-state index in [1.807, 2.05) is 18.2 Å². The highest BCUT2D eigenvalue weighted by Gasteiger charge is 2.13. The Kier molecular flexibility index (Phi) is 4.55. The molecule has 0 spiro atoms. The van der Waals surface area contributed by atoms with E-state index in [1.165, 1.54) is 4.90 Å². The van der Waals surface area contributed by atoms with Gasteiger partial charge in [-0.3, -0.25) is 0 Å². The molecule has 5 heteroatoms. The van der Waals surface area contributed by atoms with Crippen LogP contribution < -0.4 is 5.73 Å². The SMILES string of the molecule is C=CCC(N)c1nc(CSc2ccccc2)no1. The molecule has 0 radical (unpaired) electrons. The van der Waals surface area contributed by atoms with E-state index in [9.17, 15) is 0 Å². The van der Waals surface area contributed by atoms with Crippen molar-refractivity contribution in [3.63, 3.8) is 0 Å². The summed E-state index contributed by atoms with van der Waals surface area (Å²) in [6, 6.07) is 9.84. The van der Waals surface area contributed by atoms with Crippen molar-refractivity contribution < 1.29 is 4.52 Å². The van der Waals surface area contributed by atoms with E-state index in [0.29, 0.717) is 23.9 Å². The lowest BCUT2D eigenvalue weighted by Crippen LogP contribution is -2.09. The second kappa shape index (κ2) is 6.37. The molecule has 1 unspecified atom stereocenters. The van der Waals surface area contributed by atoms with Crippen LogP contribution in [-0.4, -0.2) is 10.1 Å². The molecule has 18 heavy (non-hydrogen) atoms. The highest BCUT2D eigenvalue weighted by molar-refractivity contribution is 7.98. The Morgan fingerprint density at radius 3 is 2.89 bits per heavy atom. The van der Waals surface area contributed by atoms with Gasteiger partial charge in [0.2, 0.25) is 5.89 Å². The maximum absolute atomic E-state index is 5.85. The summed E-state index contributed by atoms with van der Waals surface area (Å²) < 4.78 is 5.12. The van der Waals surface area contributed by atoms with Crippen molar-refractivity contribution in [2.45, 2.75) is 23.1 Å². The third-order valence-corrected chi connectivity index (χ3v) is 3.34. The van der Waals surface area contributed by atoms with Crippen molar-refractivity contribution in [3.05, 3.63) is 54.7 Å². The Morgan fingerprint density at radius 2 is 2.17 bits per heavy atom. The molecule has 0 fully saturated rings. The summed E-state index contributed by atoms with van der Waals surface area (Å²) in [6.45, 7) is 3.63. The highest BCUT2D eigenvalue weighted by Crippen LogP contribution is 2.21. The predicted octanol–water partition coefficient (Wildman–Crippen LogP) is 2.94. The first-order valence-electron chi connectivity index (χ1n) is 5.66. The summed E-state index contributed by atoms with van der Waals surface area (Å²) in [6.07, 6.45) is 2.38. The average molecular weight is 261 g/mol. The molecule has 2 aromatic rings. The van der Waals surface area contributed by atoms with Crippen LogP contribution in [0.25, 0.3) is 0 Å². The second-order valence-electron chi connectivity index (χ2n) is 3.78. The van der Waals surface area contributed by atoms with Gasteiger partial charge in [-0.05, 0) is 18.6 Å². The average Bonchev–Trinajstić information content (AvgIpc) is 2.87. The number of benzene rings is 1. The van der Waals surface area contributed by atoms with Gasteiger partial charge in [-0.15, -0.1) is 18.3 Å². The van der Waals surface area contributed by atoms with Gasteiger partial charge in [0.25, 0.3) is 0 Å². The van der Waals surface area contributed by atoms with Crippen molar-refractivity contribution in [1.82, 2.24) is 10.1 Å². The molecule has 0 aliphatic heterocycles. The summed E-state index contributed by atoms with van der Waals surface area (Å²) in [7, 11) is 0. The fourth-order valence-corrected chi connectivity index (χ4v) is 2.18. The van der Waals surface area contributed by atoms with Gasteiger partial charge in [0, 0.05) is 4.90 Å². The Morgan fingerprint density at radius 1 is 1.39 bits per heavy atom. The standard InChI is InChI=1S/C13H15N3OS/c1-2-6-11(14)13-15-12(16-17-13)9-18-10-7-4-3-5-8-10/h2-5,7-8,11H,1,6,9,14H2. The van der Waals surface area contributed by atoms with E-state index in [1.54, 1.807) is 17.8 Å². The number of nitrogens with zero attached hydrogens (tertiary/aromatic N) is 2. The lowest BCUT2D eigenvalue weighted by molar-refractivity contribution is 0.352. The number of hydrogen-bond acceptors (Lipinski definition) is 5. The number of nitrogens with two attached hydrogens (primary N) is 1. The van der Waals surface area contributed by atoms with Crippen LogP contribution in [0, 0.1) is 0 Å². The summed E-state index contributed by atoms with van der Waals surface area (Å²) in [5, 5.41) is 3.91. The molecule has 0 aliphatic carbocycles. The summed E-state index contributed by atoms with van der Waals surface area (Å²) in [5.74, 6) is 1.81. The zero-order valence-electron chi connectivity index (χ0n) is 9.95. The lowest BCUT2D eigenvalue weighted by atomic mass is 10.2. The first-order chi connectivity index (χ1) is 8.79. The van der Waals surface area contributed by atoms with E-state index in [4.69, 9.17) is 10.3 Å². The van der Waals surface area contributed by atoms with Crippen molar-refractivity contribution in [3.8, 4) is 0 Å².